The molecule has 0 aromatic heterocycles. The van der Waals surface area contributed by atoms with Crippen LogP contribution >= 0.6 is 0 Å². The number of rotatable bonds is 4. The highest BCUT2D eigenvalue weighted by atomic mass is 32.2. The maximum atomic E-state index is 13.0. The Kier molecular flexibility index (Phi) is 5.25. The number of piperidine rings is 1. The predicted octanol–water partition coefficient (Wildman–Crippen LogP) is 3.20. The van der Waals surface area contributed by atoms with Gasteiger partial charge in [-0.25, -0.2) is 8.42 Å². The zero-order chi connectivity index (χ0) is 19.7. The highest BCUT2D eigenvalue weighted by Gasteiger charge is 2.34. The van der Waals surface area contributed by atoms with Crippen molar-refractivity contribution >= 4 is 15.9 Å². The maximum Gasteiger partial charge on any atom is 0.243 e. The molecular weight excluding hydrogens is 372 g/mol. The lowest BCUT2D eigenvalue weighted by Crippen LogP contribution is -2.45. The van der Waals surface area contributed by atoms with Crippen molar-refractivity contribution in [2.24, 2.45) is 5.92 Å². The van der Waals surface area contributed by atoms with E-state index in [9.17, 15) is 13.2 Å². The minimum atomic E-state index is -3.57. The van der Waals surface area contributed by atoms with Crippen molar-refractivity contribution in [3.63, 3.8) is 0 Å². The molecule has 2 aromatic rings. The summed E-state index contributed by atoms with van der Waals surface area (Å²) >= 11 is 0. The number of carbonyl (C=O) groups excluding carboxylic acids is 1. The fraction of sp³-hybridized carbons (Fsp3) is 0.409. The molecule has 2 aliphatic rings. The monoisotopic (exact) mass is 398 g/mol. The number of hydrogen-bond acceptors (Lipinski definition) is 3. The van der Waals surface area contributed by atoms with Crippen LogP contribution in [0, 0.1) is 12.8 Å². The van der Waals surface area contributed by atoms with Gasteiger partial charge in [0.25, 0.3) is 0 Å². The number of nitrogens with one attached hydrogen (secondary N) is 1. The van der Waals surface area contributed by atoms with E-state index >= 15 is 0 Å². The van der Waals surface area contributed by atoms with Crippen LogP contribution in [0.2, 0.25) is 0 Å². The summed E-state index contributed by atoms with van der Waals surface area (Å²) in [5.74, 6) is -0.341. The van der Waals surface area contributed by atoms with E-state index in [4.69, 9.17) is 0 Å². The molecule has 1 aliphatic carbocycles. The summed E-state index contributed by atoms with van der Waals surface area (Å²) in [6, 6.07) is 15.1. The van der Waals surface area contributed by atoms with Crippen LogP contribution in [0.4, 0.5) is 0 Å². The summed E-state index contributed by atoms with van der Waals surface area (Å²) in [7, 11) is -3.57. The highest BCUT2D eigenvalue weighted by molar-refractivity contribution is 7.89. The van der Waals surface area contributed by atoms with Crippen LogP contribution in [0.3, 0.4) is 0 Å². The standard InChI is InChI=1S/C22H26N2O3S/c1-16-8-11-19(12-9-16)28(26,27)24-14-4-6-18(15-24)22(25)23-21-13-10-17-5-2-3-7-20(17)21/h2-3,5,7-9,11-12,18,21H,4,6,10,13-15H2,1H3,(H,23,25). The third-order valence-electron chi connectivity index (χ3n) is 5.86. The van der Waals surface area contributed by atoms with E-state index < -0.39 is 10.0 Å². The number of amides is 1. The Balaban J connectivity index is 1.45. The summed E-state index contributed by atoms with van der Waals surface area (Å²) in [5, 5.41) is 3.16. The van der Waals surface area contributed by atoms with Crippen molar-refractivity contribution in [2.75, 3.05) is 13.1 Å². The highest BCUT2D eigenvalue weighted by Crippen LogP contribution is 2.32. The van der Waals surface area contributed by atoms with E-state index in [0.29, 0.717) is 17.9 Å². The molecule has 0 radical (unpaired) electrons. The first-order valence-electron chi connectivity index (χ1n) is 9.90. The Morgan fingerprint density at radius 1 is 1.07 bits per heavy atom. The molecule has 1 saturated heterocycles. The van der Waals surface area contributed by atoms with Crippen LogP contribution in [-0.4, -0.2) is 31.7 Å². The first kappa shape index (κ1) is 19.2. The lowest BCUT2D eigenvalue weighted by atomic mass is 9.98. The average molecular weight is 399 g/mol. The molecule has 2 aromatic carbocycles. The lowest BCUT2D eigenvalue weighted by Gasteiger charge is -2.32. The molecule has 1 aliphatic heterocycles. The molecule has 1 heterocycles. The Morgan fingerprint density at radius 3 is 2.61 bits per heavy atom. The lowest BCUT2D eigenvalue weighted by molar-refractivity contribution is -0.126. The van der Waals surface area contributed by atoms with E-state index in [2.05, 4.69) is 17.4 Å². The molecule has 6 heteroatoms. The zero-order valence-corrected chi connectivity index (χ0v) is 16.9. The summed E-state index contributed by atoms with van der Waals surface area (Å²) in [4.78, 5) is 13.2. The topological polar surface area (TPSA) is 66.5 Å². The Hall–Kier alpha value is -2.18. The summed E-state index contributed by atoms with van der Waals surface area (Å²) in [6.45, 7) is 2.64. The average Bonchev–Trinajstić information content (AvgIpc) is 3.11. The van der Waals surface area contributed by atoms with Crippen LogP contribution in [0.15, 0.2) is 53.4 Å². The van der Waals surface area contributed by atoms with E-state index in [-0.39, 0.29) is 24.4 Å². The van der Waals surface area contributed by atoms with Crippen LogP contribution in [0.25, 0.3) is 0 Å². The number of carbonyl (C=O) groups is 1. The van der Waals surface area contributed by atoms with Gasteiger partial charge in [0.05, 0.1) is 16.9 Å². The van der Waals surface area contributed by atoms with Gasteiger partial charge in [-0.1, -0.05) is 42.0 Å². The summed E-state index contributed by atoms with van der Waals surface area (Å²) < 4.78 is 27.4. The minimum Gasteiger partial charge on any atom is -0.349 e. The quantitative estimate of drug-likeness (QED) is 0.860. The number of sulfonamides is 1. The van der Waals surface area contributed by atoms with Gasteiger partial charge < -0.3 is 5.32 Å². The zero-order valence-electron chi connectivity index (χ0n) is 16.1. The molecule has 0 bridgehead atoms. The van der Waals surface area contributed by atoms with Crippen LogP contribution in [-0.2, 0) is 21.2 Å². The predicted molar refractivity (Wildman–Crippen MR) is 108 cm³/mol. The molecule has 0 saturated carbocycles. The first-order valence-corrected chi connectivity index (χ1v) is 11.3. The smallest absolute Gasteiger partial charge is 0.243 e. The van der Waals surface area contributed by atoms with Crippen molar-refractivity contribution in [1.82, 2.24) is 9.62 Å². The molecule has 1 fully saturated rings. The Morgan fingerprint density at radius 2 is 1.82 bits per heavy atom. The minimum absolute atomic E-state index is 0.0350. The van der Waals surface area contributed by atoms with Gasteiger partial charge >= 0.3 is 0 Å². The van der Waals surface area contributed by atoms with Gasteiger partial charge in [-0.3, -0.25) is 4.79 Å². The second-order valence-corrected chi connectivity index (χ2v) is 9.75. The van der Waals surface area contributed by atoms with Gasteiger partial charge in [0.15, 0.2) is 0 Å². The second-order valence-electron chi connectivity index (χ2n) is 7.81. The molecule has 4 rings (SSSR count). The molecular formula is C22H26N2O3S. The van der Waals surface area contributed by atoms with Crippen molar-refractivity contribution in [2.45, 2.75) is 43.5 Å². The number of fused-ring (bicyclic) bond motifs is 1. The van der Waals surface area contributed by atoms with E-state index in [0.717, 1.165) is 24.8 Å². The Labute approximate surface area is 166 Å². The van der Waals surface area contributed by atoms with E-state index in [1.54, 1.807) is 24.3 Å². The largest absolute Gasteiger partial charge is 0.349 e. The molecule has 5 nitrogen and oxygen atoms in total. The summed E-state index contributed by atoms with van der Waals surface area (Å²) in [5.41, 5.74) is 3.50. The number of hydrogen-bond donors (Lipinski definition) is 1. The van der Waals surface area contributed by atoms with Crippen molar-refractivity contribution in [3.05, 3.63) is 65.2 Å². The molecule has 148 valence electrons. The van der Waals surface area contributed by atoms with E-state index in [1.165, 1.54) is 15.4 Å². The first-order chi connectivity index (χ1) is 13.4. The van der Waals surface area contributed by atoms with Crippen molar-refractivity contribution in [3.8, 4) is 0 Å². The third-order valence-corrected chi connectivity index (χ3v) is 7.74. The molecule has 28 heavy (non-hydrogen) atoms. The molecule has 1 N–H and O–H groups in total. The second kappa shape index (κ2) is 7.68. The van der Waals surface area contributed by atoms with Gasteiger partial charge in [-0.05, 0) is 55.9 Å². The molecule has 2 unspecified atom stereocenters. The van der Waals surface area contributed by atoms with Crippen molar-refractivity contribution < 1.29 is 13.2 Å². The normalized spacial score (nSPS) is 22.6. The maximum absolute atomic E-state index is 13.0. The number of aryl methyl sites for hydroxylation is 2. The number of benzene rings is 2. The molecule has 2 atom stereocenters. The van der Waals surface area contributed by atoms with Gasteiger partial charge in [0, 0.05) is 13.1 Å². The fourth-order valence-corrected chi connectivity index (χ4v) is 5.75. The number of nitrogens with zero attached hydrogens (tertiary/aromatic N) is 1. The van der Waals surface area contributed by atoms with Gasteiger partial charge in [0.2, 0.25) is 15.9 Å². The fourth-order valence-electron chi connectivity index (χ4n) is 4.23. The van der Waals surface area contributed by atoms with Crippen LogP contribution in [0.1, 0.15) is 42.0 Å². The SMILES string of the molecule is Cc1ccc(S(=O)(=O)N2CCCC(C(=O)NC3CCc4ccccc43)C2)cc1. The molecule has 0 spiro atoms. The van der Waals surface area contributed by atoms with Crippen molar-refractivity contribution in [1.29, 1.82) is 0 Å². The van der Waals surface area contributed by atoms with Gasteiger partial charge in [-0.15, -0.1) is 0 Å². The van der Waals surface area contributed by atoms with Crippen LogP contribution in [0.5, 0.6) is 0 Å². The molecule has 1 amide bonds. The summed E-state index contributed by atoms with van der Waals surface area (Å²) in [6.07, 6.45) is 3.30. The Bertz CT molecular complexity index is 970. The van der Waals surface area contributed by atoms with E-state index in [1.807, 2.05) is 19.1 Å². The van der Waals surface area contributed by atoms with Crippen LogP contribution < -0.4 is 5.32 Å². The van der Waals surface area contributed by atoms with Gasteiger partial charge in [-0.2, -0.15) is 4.31 Å². The van der Waals surface area contributed by atoms with Gasteiger partial charge in [0.1, 0.15) is 0 Å². The third kappa shape index (κ3) is 3.71.